The molecule has 96 valence electrons. The number of carbonyl (C=O) groups is 2. The van der Waals surface area contributed by atoms with E-state index >= 15 is 0 Å². The summed E-state index contributed by atoms with van der Waals surface area (Å²) in [5.41, 5.74) is 6.14. The molecule has 5 nitrogen and oxygen atoms in total. The Morgan fingerprint density at radius 1 is 1.44 bits per heavy atom. The molecule has 1 aromatic rings. The van der Waals surface area contributed by atoms with Gasteiger partial charge in [0.25, 0.3) is 5.91 Å². The molecule has 1 aromatic carbocycles. The summed E-state index contributed by atoms with van der Waals surface area (Å²) in [6.07, 6.45) is 1.99. The summed E-state index contributed by atoms with van der Waals surface area (Å²) >= 11 is 5.74. The van der Waals surface area contributed by atoms with Crippen molar-refractivity contribution in [3.63, 3.8) is 0 Å². The Labute approximate surface area is 109 Å². The summed E-state index contributed by atoms with van der Waals surface area (Å²) < 4.78 is 4.86. The lowest BCUT2D eigenvalue weighted by Gasteiger charge is -2.06. The summed E-state index contributed by atoms with van der Waals surface area (Å²) in [5, 5.41) is 3.09. The highest BCUT2D eigenvalue weighted by atomic mass is 35.5. The van der Waals surface area contributed by atoms with Crippen LogP contribution in [0, 0.1) is 0 Å². The van der Waals surface area contributed by atoms with Gasteiger partial charge in [-0.1, -0.05) is 11.6 Å². The number of esters is 1. The van der Waals surface area contributed by atoms with E-state index in [1.165, 1.54) is 18.2 Å². The molecule has 1 amide bonds. The zero-order valence-corrected chi connectivity index (χ0v) is 10.4. The van der Waals surface area contributed by atoms with Gasteiger partial charge < -0.3 is 15.8 Å². The first-order valence-corrected chi connectivity index (χ1v) is 5.95. The summed E-state index contributed by atoms with van der Waals surface area (Å²) in [6.45, 7) is -0.280. The number of anilines is 1. The Bertz CT molecular complexity index is 486. The molecule has 0 radical (unpaired) electrons. The fourth-order valence-corrected chi connectivity index (χ4v) is 1.50. The number of benzene rings is 1. The van der Waals surface area contributed by atoms with Crippen molar-refractivity contribution >= 4 is 29.2 Å². The average molecular weight is 269 g/mol. The molecular formula is C12H13ClN2O3. The molecule has 0 unspecified atom stereocenters. The Morgan fingerprint density at radius 3 is 2.78 bits per heavy atom. The van der Waals surface area contributed by atoms with Gasteiger partial charge in [-0.15, -0.1) is 0 Å². The first-order valence-electron chi connectivity index (χ1n) is 5.58. The van der Waals surface area contributed by atoms with E-state index in [9.17, 15) is 9.59 Å². The second-order valence-corrected chi connectivity index (χ2v) is 4.56. The summed E-state index contributed by atoms with van der Waals surface area (Å²) in [5.74, 6) is -0.878. The molecule has 0 spiro atoms. The van der Waals surface area contributed by atoms with Gasteiger partial charge in [0.1, 0.15) is 0 Å². The quantitative estimate of drug-likeness (QED) is 0.638. The van der Waals surface area contributed by atoms with Gasteiger partial charge in [-0.3, -0.25) is 4.79 Å². The zero-order valence-electron chi connectivity index (χ0n) is 9.61. The second kappa shape index (κ2) is 5.27. The van der Waals surface area contributed by atoms with Crippen molar-refractivity contribution in [3.8, 4) is 0 Å². The molecule has 0 aromatic heterocycles. The third-order valence-electron chi connectivity index (χ3n) is 2.51. The minimum Gasteiger partial charge on any atom is -0.452 e. The van der Waals surface area contributed by atoms with Crippen molar-refractivity contribution in [2.45, 2.75) is 18.9 Å². The number of hydrogen-bond donors (Lipinski definition) is 2. The van der Waals surface area contributed by atoms with Gasteiger partial charge in [0.15, 0.2) is 6.61 Å². The zero-order chi connectivity index (χ0) is 13.1. The molecule has 18 heavy (non-hydrogen) atoms. The molecule has 2 rings (SSSR count). The van der Waals surface area contributed by atoms with E-state index in [4.69, 9.17) is 22.1 Å². The van der Waals surface area contributed by atoms with Crippen LogP contribution < -0.4 is 11.1 Å². The molecule has 0 heterocycles. The van der Waals surface area contributed by atoms with Crippen molar-refractivity contribution in [2.24, 2.45) is 0 Å². The fourth-order valence-electron chi connectivity index (χ4n) is 1.38. The fraction of sp³-hybridized carbons (Fsp3) is 0.333. The summed E-state index contributed by atoms with van der Waals surface area (Å²) in [6, 6.07) is 4.68. The predicted molar refractivity (Wildman–Crippen MR) is 67.3 cm³/mol. The third-order valence-corrected chi connectivity index (χ3v) is 2.85. The lowest BCUT2D eigenvalue weighted by molar-refractivity contribution is -0.124. The maximum atomic E-state index is 11.6. The number of rotatable bonds is 4. The first kappa shape index (κ1) is 12.7. The van der Waals surface area contributed by atoms with Gasteiger partial charge in [-0.05, 0) is 31.0 Å². The Kier molecular flexibility index (Phi) is 3.72. The minimum absolute atomic E-state index is 0.252. The highest BCUT2D eigenvalue weighted by molar-refractivity contribution is 6.33. The van der Waals surface area contributed by atoms with Gasteiger partial charge >= 0.3 is 5.97 Å². The van der Waals surface area contributed by atoms with Crippen LogP contribution in [0.5, 0.6) is 0 Å². The first-order chi connectivity index (χ1) is 8.56. The monoisotopic (exact) mass is 268 g/mol. The Hall–Kier alpha value is -1.75. The lowest BCUT2D eigenvalue weighted by Crippen LogP contribution is -2.30. The topological polar surface area (TPSA) is 81.4 Å². The van der Waals surface area contributed by atoms with Crippen LogP contribution in [0.15, 0.2) is 18.2 Å². The molecule has 1 aliphatic carbocycles. The number of nitrogen functional groups attached to an aromatic ring is 1. The molecule has 1 fully saturated rings. The average Bonchev–Trinajstić information content (AvgIpc) is 3.13. The minimum atomic E-state index is -0.593. The van der Waals surface area contributed by atoms with Crippen LogP contribution >= 0.6 is 11.6 Å². The van der Waals surface area contributed by atoms with Crippen molar-refractivity contribution in [3.05, 3.63) is 28.8 Å². The van der Waals surface area contributed by atoms with Crippen LogP contribution in [0.2, 0.25) is 5.02 Å². The number of ether oxygens (including phenoxy) is 1. The second-order valence-electron chi connectivity index (χ2n) is 4.15. The molecular weight excluding hydrogens is 256 g/mol. The van der Waals surface area contributed by atoms with Gasteiger partial charge in [0, 0.05) is 6.04 Å². The smallest absolute Gasteiger partial charge is 0.338 e. The van der Waals surface area contributed by atoms with Crippen LogP contribution in [0.25, 0.3) is 0 Å². The van der Waals surface area contributed by atoms with E-state index in [0.717, 1.165) is 12.8 Å². The Balaban J connectivity index is 1.86. The summed E-state index contributed by atoms with van der Waals surface area (Å²) in [7, 11) is 0. The third kappa shape index (κ3) is 3.37. The maximum Gasteiger partial charge on any atom is 0.338 e. The standard InChI is InChI=1S/C12H13ClN2O3/c13-9-4-1-7(5-10(9)14)12(17)18-6-11(16)15-8-2-3-8/h1,4-5,8H,2-3,6,14H2,(H,15,16). The highest BCUT2D eigenvalue weighted by Gasteiger charge is 2.23. The van der Waals surface area contributed by atoms with Gasteiger partial charge in [-0.2, -0.15) is 0 Å². The maximum absolute atomic E-state index is 11.6. The highest BCUT2D eigenvalue weighted by Crippen LogP contribution is 2.20. The molecule has 0 aliphatic heterocycles. The molecule has 3 N–H and O–H groups in total. The van der Waals surface area contributed by atoms with Crippen molar-refractivity contribution in [1.29, 1.82) is 0 Å². The van der Waals surface area contributed by atoms with Crippen LogP contribution in [0.3, 0.4) is 0 Å². The predicted octanol–water partition coefficient (Wildman–Crippen LogP) is 1.36. The lowest BCUT2D eigenvalue weighted by atomic mass is 10.2. The molecule has 1 aliphatic rings. The van der Waals surface area contributed by atoms with Crippen LogP contribution in [-0.4, -0.2) is 24.5 Å². The number of nitrogens with one attached hydrogen (secondary N) is 1. The van der Waals surface area contributed by atoms with Crippen molar-refractivity contribution in [1.82, 2.24) is 5.32 Å². The van der Waals surface area contributed by atoms with Crippen molar-refractivity contribution < 1.29 is 14.3 Å². The summed E-state index contributed by atoms with van der Waals surface area (Å²) in [4.78, 5) is 22.9. The number of carbonyl (C=O) groups excluding carboxylic acids is 2. The normalized spacial score (nSPS) is 14.1. The van der Waals surface area contributed by atoms with Gasteiger partial charge in [0.2, 0.25) is 0 Å². The number of hydrogen-bond acceptors (Lipinski definition) is 4. The molecule has 1 saturated carbocycles. The molecule has 0 saturated heterocycles. The van der Waals surface area contributed by atoms with Crippen LogP contribution in [0.1, 0.15) is 23.2 Å². The van der Waals surface area contributed by atoms with Gasteiger partial charge in [-0.25, -0.2) is 4.79 Å². The van der Waals surface area contributed by atoms with Crippen LogP contribution in [-0.2, 0) is 9.53 Å². The largest absolute Gasteiger partial charge is 0.452 e. The number of nitrogens with two attached hydrogens (primary N) is 1. The van der Waals surface area contributed by atoms with E-state index < -0.39 is 5.97 Å². The van der Waals surface area contributed by atoms with Crippen molar-refractivity contribution in [2.75, 3.05) is 12.3 Å². The van der Waals surface area contributed by atoms with E-state index in [0.29, 0.717) is 10.7 Å². The molecule has 0 bridgehead atoms. The van der Waals surface area contributed by atoms with E-state index in [1.54, 1.807) is 0 Å². The number of halogens is 1. The SMILES string of the molecule is Nc1cc(C(=O)OCC(=O)NC2CC2)ccc1Cl. The molecule has 0 atom stereocenters. The Morgan fingerprint density at radius 2 is 2.17 bits per heavy atom. The van der Waals surface area contributed by atoms with E-state index in [2.05, 4.69) is 5.32 Å². The van der Waals surface area contributed by atoms with E-state index in [1.807, 2.05) is 0 Å². The molecule has 6 heteroatoms. The van der Waals surface area contributed by atoms with E-state index in [-0.39, 0.29) is 24.1 Å². The van der Waals surface area contributed by atoms with Crippen LogP contribution in [0.4, 0.5) is 5.69 Å². The van der Waals surface area contributed by atoms with Gasteiger partial charge in [0.05, 0.1) is 16.3 Å². The number of amides is 1.